The number of imidazole rings is 1. The lowest BCUT2D eigenvalue weighted by atomic mass is 10.1. The lowest BCUT2D eigenvalue weighted by molar-refractivity contribution is 0.280. The van der Waals surface area contributed by atoms with Gasteiger partial charge in [-0.15, -0.1) is 0 Å². The predicted molar refractivity (Wildman–Crippen MR) is 76.9 cm³/mol. The van der Waals surface area contributed by atoms with Crippen LogP contribution in [-0.2, 0) is 29.7 Å². The normalized spacial score (nSPS) is 15.9. The zero-order valence-corrected chi connectivity index (χ0v) is 12.5. The summed E-state index contributed by atoms with van der Waals surface area (Å²) in [6.07, 6.45) is 3.54. The van der Waals surface area contributed by atoms with Gasteiger partial charge in [-0.1, -0.05) is 12.1 Å². The minimum atomic E-state index is -3.58. The van der Waals surface area contributed by atoms with Gasteiger partial charge in [-0.2, -0.15) is 4.31 Å². The van der Waals surface area contributed by atoms with E-state index in [1.807, 2.05) is 10.8 Å². The van der Waals surface area contributed by atoms with Crippen LogP contribution < -0.4 is 0 Å². The van der Waals surface area contributed by atoms with Crippen molar-refractivity contribution in [3.05, 3.63) is 47.5 Å². The number of benzene rings is 1. The summed E-state index contributed by atoms with van der Waals surface area (Å²) in [7, 11) is -3.58. The Morgan fingerprint density at radius 1 is 1.33 bits per heavy atom. The van der Waals surface area contributed by atoms with Crippen molar-refractivity contribution in [2.45, 2.75) is 31.5 Å². The van der Waals surface area contributed by atoms with E-state index < -0.39 is 10.0 Å². The first-order valence-electron chi connectivity index (χ1n) is 6.73. The van der Waals surface area contributed by atoms with Gasteiger partial charge in [-0.25, -0.2) is 13.4 Å². The Morgan fingerprint density at radius 3 is 2.90 bits per heavy atom. The average molecular weight is 307 g/mol. The molecule has 0 bridgehead atoms. The maximum absolute atomic E-state index is 12.8. The second-order valence-electron chi connectivity index (χ2n) is 5.07. The monoisotopic (exact) mass is 307 g/mol. The summed E-state index contributed by atoms with van der Waals surface area (Å²) in [4.78, 5) is 4.45. The van der Waals surface area contributed by atoms with E-state index in [1.54, 1.807) is 31.3 Å². The highest BCUT2D eigenvalue weighted by Gasteiger charge is 2.30. The first-order chi connectivity index (χ1) is 10.0. The largest absolute Gasteiger partial charge is 0.392 e. The van der Waals surface area contributed by atoms with Crippen LogP contribution in [0.2, 0.25) is 0 Å². The molecule has 3 rings (SSSR count). The van der Waals surface area contributed by atoms with Gasteiger partial charge in [0.25, 0.3) is 0 Å². The number of sulfonamides is 1. The first kappa shape index (κ1) is 14.2. The molecule has 1 aromatic heterocycles. The molecule has 0 amide bonds. The van der Waals surface area contributed by atoms with Crippen molar-refractivity contribution >= 4 is 10.0 Å². The molecule has 0 saturated heterocycles. The molecule has 0 radical (unpaired) electrons. The Hall–Kier alpha value is -1.70. The molecular weight excluding hydrogens is 290 g/mol. The summed E-state index contributed by atoms with van der Waals surface area (Å²) in [6.45, 7) is 2.86. The van der Waals surface area contributed by atoms with Gasteiger partial charge in [0, 0.05) is 25.5 Å². The number of rotatable bonds is 3. The second-order valence-corrected chi connectivity index (χ2v) is 6.98. The molecule has 2 aromatic rings. The van der Waals surface area contributed by atoms with Gasteiger partial charge >= 0.3 is 0 Å². The highest BCUT2D eigenvalue weighted by atomic mass is 32.2. The highest BCUT2D eigenvalue weighted by molar-refractivity contribution is 7.89. The Bertz CT molecular complexity index is 768. The Kier molecular flexibility index (Phi) is 3.56. The van der Waals surface area contributed by atoms with Crippen LogP contribution in [0, 0.1) is 6.92 Å². The smallest absolute Gasteiger partial charge is 0.243 e. The molecule has 1 N–H and O–H groups in total. The van der Waals surface area contributed by atoms with E-state index in [1.165, 1.54) is 4.31 Å². The van der Waals surface area contributed by atoms with E-state index in [9.17, 15) is 13.5 Å². The molecular formula is C14H17N3O3S. The minimum Gasteiger partial charge on any atom is -0.392 e. The Balaban J connectivity index is 1.99. The van der Waals surface area contributed by atoms with E-state index >= 15 is 0 Å². The molecule has 0 aliphatic carbocycles. The van der Waals surface area contributed by atoms with Crippen molar-refractivity contribution in [1.29, 1.82) is 0 Å². The van der Waals surface area contributed by atoms with E-state index in [4.69, 9.17) is 0 Å². The number of fused-ring (bicyclic) bond motifs is 1. The molecule has 0 atom stereocenters. The molecule has 0 fully saturated rings. The van der Waals surface area contributed by atoms with Crippen molar-refractivity contribution in [1.82, 2.24) is 13.9 Å². The minimum absolute atomic E-state index is 0.167. The Labute approximate surface area is 123 Å². The SMILES string of the molecule is Cc1c(CO)cccc1S(=O)(=O)N1CCn2ccnc2C1. The molecule has 112 valence electrons. The van der Waals surface area contributed by atoms with Crippen molar-refractivity contribution in [3.8, 4) is 0 Å². The number of hydrogen-bond acceptors (Lipinski definition) is 4. The van der Waals surface area contributed by atoms with Crippen LogP contribution in [0.5, 0.6) is 0 Å². The van der Waals surface area contributed by atoms with Crippen LogP contribution in [0.25, 0.3) is 0 Å². The second kappa shape index (κ2) is 5.25. The lowest BCUT2D eigenvalue weighted by Gasteiger charge is -2.27. The van der Waals surface area contributed by atoms with Crippen LogP contribution in [0.15, 0.2) is 35.5 Å². The maximum atomic E-state index is 12.8. The zero-order valence-electron chi connectivity index (χ0n) is 11.7. The van der Waals surface area contributed by atoms with Crippen LogP contribution in [0.1, 0.15) is 17.0 Å². The summed E-state index contributed by atoms with van der Waals surface area (Å²) in [5.41, 5.74) is 1.24. The van der Waals surface area contributed by atoms with Gasteiger partial charge in [0.15, 0.2) is 0 Å². The van der Waals surface area contributed by atoms with Crippen molar-refractivity contribution in [2.24, 2.45) is 0 Å². The zero-order chi connectivity index (χ0) is 15.0. The van der Waals surface area contributed by atoms with Gasteiger partial charge in [0.1, 0.15) is 5.82 Å². The summed E-state index contributed by atoms with van der Waals surface area (Å²) >= 11 is 0. The maximum Gasteiger partial charge on any atom is 0.243 e. The third kappa shape index (κ3) is 2.37. The lowest BCUT2D eigenvalue weighted by Crippen LogP contribution is -2.38. The number of aromatic nitrogens is 2. The van der Waals surface area contributed by atoms with Gasteiger partial charge in [-0.05, 0) is 24.1 Å². The van der Waals surface area contributed by atoms with E-state index in [-0.39, 0.29) is 18.0 Å². The number of aliphatic hydroxyl groups is 1. The van der Waals surface area contributed by atoms with E-state index in [2.05, 4.69) is 4.98 Å². The molecule has 21 heavy (non-hydrogen) atoms. The van der Waals surface area contributed by atoms with Crippen LogP contribution in [-0.4, -0.2) is 33.9 Å². The molecule has 0 saturated carbocycles. The molecule has 1 aliphatic heterocycles. The molecule has 2 heterocycles. The molecule has 1 aromatic carbocycles. The summed E-state index contributed by atoms with van der Waals surface area (Å²) in [6, 6.07) is 4.98. The van der Waals surface area contributed by atoms with Crippen molar-refractivity contribution in [3.63, 3.8) is 0 Å². The first-order valence-corrected chi connectivity index (χ1v) is 8.17. The quantitative estimate of drug-likeness (QED) is 0.913. The number of aliphatic hydroxyl groups excluding tert-OH is 1. The molecule has 1 aliphatic rings. The fourth-order valence-corrected chi connectivity index (χ4v) is 4.26. The third-order valence-corrected chi connectivity index (χ3v) is 5.88. The summed E-state index contributed by atoms with van der Waals surface area (Å²) in [5.74, 6) is 0.751. The highest BCUT2D eigenvalue weighted by Crippen LogP contribution is 2.25. The van der Waals surface area contributed by atoms with Gasteiger partial charge in [0.2, 0.25) is 10.0 Å². The fourth-order valence-electron chi connectivity index (χ4n) is 2.61. The number of hydrogen-bond donors (Lipinski definition) is 1. The Morgan fingerprint density at radius 2 is 2.14 bits per heavy atom. The summed E-state index contributed by atoms with van der Waals surface area (Å²) in [5, 5.41) is 9.30. The number of nitrogens with zero attached hydrogens (tertiary/aromatic N) is 3. The van der Waals surface area contributed by atoms with Crippen LogP contribution >= 0.6 is 0 Å². The predicted octanol–water partition coefficient (Wildman–Crippen LogP) is 0.888. The van der Waals surface area contributed by atoms with Crippen LogP contribution in [0.3, 0.4) is 0 Å². The van der Waals surface area contributed by atoms with Gasteiger partial charge < -0.3 is 9.67 Å². The standard InChI is InChI=1S/C14H17N3O3S/c1-11-12(10-18)3-2-4-13(11)21(19,20)17-8-7-16-6-5-15-14(16)9-17/h2-6,18H,7-10H2,1H3. The topological polar surface area (TPSA) is 75.4 Å². The molecule has 7 heteroatoms. The van der Waals surface area contributed by atoms with Crippen LogP contribution in [0.4, 0.5) is 0 Å². The molecule has 6 nitrogen and oxygen atoms in total. The van der Waals surface area contributed by atoms with Crippen molar-refractivity contribution in [2.75, 3.05) is 6.54 Å². The molecule has 0 spiro atoms. The third-order valence-electron chi connectivity index (χ3n) is 3.89. The van der Waals surface area contributed by atoms with Crippen molar-refractivity contribution < 1.29 is 13.5 Å². The average Bonchev–Trinajstić information content (AvgIpc) is 2.94. The van der Waals surface area contributed by atoms with Gasteiger partial charge in [-0.3, -0.25) is 0 Å². The fraction of sp³-hybridized carbons (Fsp3) is 0.357. The van der Waals surface area contributed by atoms with Gasteiger partial charge in [0.05, 0.1) is 18.0 Å². The van der Waals surface area contributed by atoms with E-state index in [0.717, 1.165) is 5.82 Å². The summed E-state index contributed by atoms with van der Waals surface area (Å²) < 4.78 is 29.0. The van der Waals surface area contributed by atoms with E-state index in [0.29, 0.717) is 24.2 Å². The molecule has 0 unspecified atom stereocenters.